The molecule has 1 aliphatic heterocycles. The Hall–Kier alpha value is -1.75. The van der Waals surface area contributed by atoms with Crippen molar-refractivity contribution in [1.29, 1.82) is 0 Å². The number of hydrogen-bond acceptors (Lipinski definition) is 3. The first-order chi connectivity index (χ1) is 8.10. The van der Waals surface area contributed by atoms with Crippen LogP contribution in [0.2, 0.25) is 0 Å². The second-order valence-corrected chi connectivity index (χ2v) is 4.00. The van der Waals surface area contributed by atoms with Gasteiger partial charge in [-0.2, -0.15) is 0 Å². The number of alkyl halides is 1. The monoisotopic (exact) mass is 254 g/mol. The molecule has 1 aliphatic rings. The average Bonchev–Trinajstić information content (AvgIpc) is 2.31. The molecule has 0 saturated heterocycles. The van der Waals surface area contributed by atoms with Crippen molar-refractivity contribution in [2.75, 3.05) is 18.2 Å². The van der Waals surface area contributed by atoms with Gasteiger partial charge in [0.15, 0.2) is 0 Å². The molecule has 1 aromatic rings. The summed E-state index contributed by atoms with van der Waals surface area (Å²) < 4.78 is 5.08. The Labute approximate surface area is 103 Å². The first-order valence-corrected chi connectivity index (χ1v) is 5.55. The number of benzene rings is 1. The Morgan fingerprint density at radius 1 is 1.59 bits per heavy atom. The molecule has 0 atom stereocenters. The molecule has 0 unspecified atom stereocenters. The fraction of sp³-hybridized carbons (Fsp3) is 0.273. The lowest BCUT2D eigenvalue weighted by Gasteiger charge is -2.24. The van der Waals surface area contributed by atoms with Crippen LogP contribution in [0.3, 0.4) is 0 Å². The third kappa shape index (κ3) is 2.50. The van der Waals surface area contributed by atoms with Crippen molar-refractivity contribution in [3.8, 4) is 5.75 Å². The predicted molar refractivity (Wildman–Crippen MR) is 63.3 cm³/mol. The summed E-state index contributed by atoms with van der Waals surface area (Å²) in [6, 6.07) is 5.09. The van der Waals surface area contributed by atoms with Crippen LogP contribution < -0.4 is 10.1 Å². The molecule has 17 heavy (non-hydrogen) atoms. The predicted octanol–water partition coefficient (Wildman–Crippen LogP) is 1.81. The normalized spacial score (nSPS) is 14.0. The van der Waals surface area contributed by atoms with Gasteiger partial charge >= 0.3 is 6.09 Å². The lowest BCUT2D eigenvalue weighted by atomic mass is 10.1. The molecule has 0 radical (unpaired) electrons. The van der Waals surface area contributed by atoms with Gasteiger partial charge in [0, 0.05) is 18.3 Å². The number of nitrogens with one attached hydrogen (secondary N) is 1. The van der Waals surface area contributed by atoms with Crippen molar-refractivity contribution < 1.29 is 14.3 Å². The van der Waals surface area contributed by atoms with Gasteiger partial charge < -0.3 is 15.0 Å². The van der Waals surface area contributed by atoms with Gasteiger partial charge in [-0.3, -0.25) is 4.79 Å². The van der Waals surface area contributed by atoms with Gasteiger partial charge in [0.1, 0.15) is 11.6 Å². The summed E-state index contributed by atoms with van der Waals surface area (Å²) in [5.41, 5.74) is 1.49. The highest BCUT2D eigenvalue weighted by Crippen LogP contribution is 2.28. The highest BCUT2D eigenvalue weighted by molar-refractivity contribution is 6.29. The van der Waals surface area contributed by atoms with E-state index in [2.05, 4.69) is 5.32 Å². The van der Waals surface area contributed by atoms with E-state index >= 15 is 0 Å². The van der Waals surface area contributed by atoms with E-state index in [1.807, 2.05) is 0 Å². The van der Waals surface area contributed by atoms with Gasteiger partial charge in [-0.05, 0) is 18.2 Å². The van der Waals surface area contributed by atoms with E-state index in [0.29, 0.717) is 18.0 Å². The minimum Gasteiger partial charge on any atom is -0.410 e. The smallest absolute Gasteiger partial charge is 0.410 e. The number of anilines is 1. The molecule has 0 spiro atoms. The minimum atomic E-state index is -0.380. The molecule has 5 nitrogen and oxygen atoms in total. The van der Waals surface area contributed by atoms with Gasteiger partial charge in [0.2, 0.25) is 5.91 Å². The van der Waals surface area contributed by atoms with E-state index in [1.54, 1.807) is 25.2 Å². The summed E-state index contributed by atoms with van der Waals surface area (Å²) >= 11 is 5.40. The Morgan fingerprint density at radius 3 is 3.06 bits per heavy atom. The van der Waals surface area contributed by atoms with E-state index in [4.69, 9.17) is 16.3 Å². The number of halogens is 1. The number of rotatable bonds is 2. The number of carbonyl (C=O) groups is 2. The molecular formula is C11H11ClN2O3. The number of nitrogens with zero attached hydrogens (tertiary/aromatic N) is 1. The zero-order valence-electron chi connectivity index (χ0n) is 9.20. The summed E-state index contributed by atoms with van der Waals surface area (Å²) in [6.07, 6.45) is -0.380. The molecule has 2 amide bonds. The molecule has 90 valence electrons. The third-order valence-corrected chi connectivity index (χ3v) is 2.62. The highest BCUT2D eigenvalue weighted by atomic mass is 35.5. The first-order valence-electron chi connectivity index (χ1n) is 5.02. The average molecular weight is 255 g/mol. The van der Waals surface area contributed by atoms with Crippen LogP contribution in [0.4, 0.5) is 10.5 Å². The molecule has 1 aromatic carbocycles. The molecule has 0 bridgehead atoms. The lowest BCUT2D eigenvalue weighted by Crippen LogP contribution is -2.33. The van der Waals surface area contributed by atoms with Crippen LogP contribution in [0, 0.1) is 0 Å². The van der Waals surface area contributed by atoms with Gasteiger partial charge in [0.25, 0.3) is 0 Å². The molecule has 6 heteroatoms. The zero-order chi connectivity index (χ0) is 12.4. The Balaban J connectivity index is 2.22. The maximum absolute atomic E-state index is 11.3. The fourth-order valence-corrected chi connectivity index (χ4v) is 1.63. The first kappa shape index (κ1) is 11.7. The van der Waals surface area contributed by atoms with Crippen LogP contribution in [0.1, 0.15) is 5.56 Å². The molecule has 1 heterocycles. The van der Waals surface area contributed by atoms with Crippen molar-refractivity contribution >= 4 is 29.3 Å². The quantitative estimate of drug-likeness (QED) is 0.819. The number of hydrogen-bond donors (Lipinski definition) is 1. The second kappa shape index (κ2) is 4.63. The van der Waals surface area contributed by atoms with Gasteiger partial charge in [-0.15, -0.1) is 11.6 Å². The van der Waals surface area contributed by atoms with Gasteiger partial charge in [-0.25, -0.2) is 4.79 Å². The van der Waals surface area contributed by atoms with Crippen molar-refractivity contribution in [3.63, 3.8) is 0 Å². The standard InChI is InChI=1S/C11H11ClN2O3/c1-14-6-7-4-8(13-10(15)5-12)2-3-9(7)17-11(14)16/h2-4H,5-6H2,1H3,(H,13,15). The Kier molecular flexibility index (Phi) is 3.19. The summed E-state index contributed by atoms with van der Waals surface area (Å²) in [4.78, 5) is 23.9. The second-order valence-electron chi connectivity index (χ2n) is 3.73. The summed E-state index contributed by atoms with van der Waals surface area (Å²) in [6.45, 7) is 0.457. The molecule has 1 N–H and O–H groups in total. The molecule has 0 aliphatic carbocycles. The summed E-state index contributed by atoms with van der Waals surface area (Å²) in [7, 11) is 1.65. The Morgan fingerprint density at radius 2 is 2.35 bits per heavy atom. The maximum Gasteiger partial charge on any atom is 0.415 e. The number of amides is 2. The fourth-order valence-electron chi connectivity index (χ4n) is 1.57. The van der Waals surface area contributed by atoms with Crippen LogP contribution in [-0.4, -0.2) is 29.8 Å². The van der Waals surface area contributed by atoms with Gasteiger partial charge in [-0.1, -0.05) is 0 Å². The van der Waals surface area contributed by atoms with Crippen LogP contribution in [0.15, 0.2) is 18.2 Å². The van der Waals surface area contributed by atoms with Gasteiger partial charge in [0.05, 0.1) is 6.54 Å². The topological polar surface area (TPSA) is 58.6 Å². The van der Waals surface area contributed by atoms with Crippen molar-refractivity contribution in [2.45, 2.75) is 6.54 Å². The van der Waals surface area contributed by atoms with Crippen molar-refractivity contribution in [1.82, 2.24) is 4.90 Å². The largest absolute Gasteiger partial charge is 0.415 e. The summed E-state index contributed by atoms with van der Waals surface area (Å²) in [5.74, 6) is 0.163. The molecule has 0 saturated carbocycles. The highest BCUT2D eigenvalue weighted by Gasteiger charge is 2.21. The van der Waals surface area contributed by atoms with E-state index in [0.717, 1.165) is 5.56 Å². The van der Waals surface area contributed by atoms with E-state index in [-0.39, 0.29) is 17.9 Å². The maximum atomic E-state index is 11.3. The van der Waals surface area contributed by atoms with E-state index in [9.17, 15) is 9.59 Å². The van der Waals surface area contributed by atoms with Crippen LogP contribution >= 0.6 is 11.6 Å². The summed E-state index contributed by atoms with van der Waals surface area (Å²) in [5, 5.41) is 2.64. The lowest BCUT2D eigenvalue weighted by molar-refractivity contribution is -0.113. The number of carbonyl (C=O) groups excluding carboxylic acids is 2. The third-order valence-electron chi connectivity index (χ3n) is 2.38. The van der Waals surface area contributed by atoms with E-state index in [1.165, 1.54) is 4.90 Å². The van der Waals surface area contributed by atoms with Crippen LogP contribution in [0.5, 0.6) is 5.75 Å². The SMILES string of the molecule is CN1Cc2cc(NC(=O)CCl)ccc2OC1=O. The molecule has 2 rings (SSSR count). The Bertz CT molecular complexity index is 476. The van der Waals surface area contributed by atoms with Crippen molar-refractivity contribution in [2.24, 2.45) is 0 Å². The van der Waals surface area contributed by atoms with Crippen LogP contribution in [0.25, 0.3) is 0 Å². The van der Waals surface area contributed by atoms with Crippen LogP contribution in [-0.2, 0) is 11.3 Å². The van der Waals surface area contributed by atoms with E-state index < -0.39 is 0 Å². The number of ether oxygens (including phenoxy) is 1. The van der Waals surface area contributed by atoms with Crippen molar-refractivity contribution in [3.05, 3.63) is 23.8 Å². The minimum absolute atomic E-state index is 0.0913. The molecular weight excluding hydrogens is 244 g/mol. The zero-order valence-corrected chi connectivity index (χ0v) is 9.95. The number of fused-ring (bicyclic) bond motifs is 1. The molecule has 0 fully saturated rings. The molecule has 0 aromatic heterocycles.